The predicted octanol–water partition coefficient (Wildman–Crippen LogP) is 0.699. The van der Waals surface area contributed by atoms with E-state index in [2.05, 4.69) is 22.2 Å². The molecule has 0 aromatic carbocycles. The molecule has 1 heterocycles. The largest absolute Gasteiger partial charge is 0.451 e. The third kappa shape index (κ3) is 5.92. The first-order valence-electron chi connectivity index (χ1n) is 6.42. The molecule has 0 bridgehead atoms. The Morgan fingerprint density at radius 1 is 1.45 bits per heavy atom. The number of carbonyl (C=O) groups is 3. The zero-order valence-electron chi connectivity index (χ0n) is 12.0. The van der Waals surface area contributed by atoms with Crippen molar-refractivity contribution in [2.24, 2.45) is 0 Å². The smallest absolute Gasteiger partial charge is 0.326 e. The highest BCUT2D eigenvalue weighted by atomic mass is 35.5. The lowest BCUT2D eigenvalue weighted by Crippen LogP contribution is -2.38. The molecular formula is C14H16ClN3O4. The van der Waals surface area contributed by atoms with Gasteiger partial charge in [0.25, 0.3) is 11.8 Å². The van der Waals surface area contributed by atoms with E-state index < -0.39 is 23.9 Å². The Hall–Kier alpha value is -2.41. The van der Waals surface area contributed by atoms with Crippen LogP contribution in [0.2, 0.25) is 5.02 Å². The highest BCUT2D eigenvalue weighted by Crippen LogP contribution is 2.07. The van der Waals surface area contributed by atoms with Gasteiger partial charge in [-0.3, -0.25) is 19.4 Å². The monoisotopic (exact) mass is 325 g/mol. The van der Waals surface area contributed by atoms with Crippen LogP contribution in [0.15, 0.2) is 31.0 Å². The summed E-state index contributed by atoms with van der Waals surface area (Å²) in [5.41, 5.74) is 0.0806. The minimum absolute atomic E-state index is 0.0806. The number of hydrogen-bond acceptors (Lipinski definition) is 5. The number of aromatic nitrogens is 1. The zero-order valence-corrected chi connectivity index (χ0v) is 12.7. The van der Waals surface area contributed by atoms with Gasteiger partial charge >= 0.3 is 5.97 Å². The fourth-order valence-electron chi connectivity index (χ4n) is 1.38. The standard InChI is InChI=1S/C14H16ClN3O4/c1-3-5-17-13(20)9(2)22-12(19)8-18-14(21)11-7-10(15)4-6-16-11/h3-4,6-7,9H,1,5,8H2,2H3,(H,17,20)(H,18,21)/t9-/m1/s1. The van der Waals surface area contributed by atoms with Crippen LogP contribution >= 0.6 is 11.6 Å². The van der Waals surface area contributed by atoms with Crippen molar-refractivity contribution in [1.29, 1.82) is 0 Å². The van der Waals surface area contributed by atoms with E-state index in [0.717, 1.165) is 0 Å². The SMILES string of the molecule is C=CCNC(=O)[C@@H](C)OC(=O)CNC(=O)c1cc(Cl)ccn1. The van der Waals surface area contributed by atoms with Gasteiger partial charge in [-0.1, -0.05) is 17.7 Å². The highest BCUT2D eigenvalue weighted by Gasteiger charge is 2.18. The summed E-state index contributed by atoms with van der Waals surface area (Å²) in [4.78, 5) is 38.6. The van der Waals surface area contributed by atoms with Crippen LogP contribution in [0.4, 0.5) is 0 Å². The van der Waals surface area contributed by atoms with Crippen molar-refractivity contribution < 1.29 is 19.1 Å². The average molecular weight is 326 g/mol. The summed E-state index contributed by atoms with van der Waals surface area (Å²) < 4.78 is 4.87. The van der Waals surface area contributed by atoms with Gasteiger partial charge in [-0.15, -0.1) is 6.58 Å². The molecule has 1 rings (SSSR count). The van der Waals surface area contributed by atoms with Crippen molar-refractivity contribution in [2.75, 3.05) is 13.1 Å². The summed E-state index contributed by atoms with van der Waals surface area (Å²) in [6.45, 7) is 4.77. The minimum Gasteiger partial charge on any atom is -0.451 e. The molecular weight excluding hydrogens is 310 g/mol. The molecule has 2 amide bonds. The summed E-state index contributed by atoms with van der Waals surface area (Å²) in [7, 11) is 0. The fraction of sp³-hybridized carbons (Fsp3) is 0.286. The molecule has 0 radical (unpaired) electrons. The molecule has 8 heteroatoms. The van der Waals surface area contributed by atoms with Crippen molar-refractivity contribution in [3.63, 3.8) is 0 Å². The van der Waals surface area contributed by atoms with Gasteiger partial charge in [0.1, 0.15) is 12.2 Å². The van der Waals surface area contributed by atoms with Crippen LogP contribution in [0.1, 0.15) is 17.4 Å². The Balaban J connectivity index is 2.41. The maximum absolute atomic E-state index is 11.7. The van der Waals surface area contributed by atoms with Gasteiger partial charge in [0, 0.05) is 17.8 Å². The summed E-state index contributed by atoms with van der Waals surface area (Å²) in [6, 6.07) is 2.89. The van der Waals surface area contributed by atoms with E-state index in [1.165, 1.54) is 31.3 Å². The van der Waals surface area contributed by atoms with Crippen LogP contribution in [0, 0.1) is 0 Å². The Morgan fingerprint density at radius 2 is 2.18 bits per heavy atom. The second-order valence-corrected chi connectivity index (χ2v) is 4.64. The maximum Gasteiger partial charge on any atom is 0.326 e. The van der Waals surface area contributed by atoms with E-state index in [-0.39, 0.29) is 18.8 Å². The minimum atomic E-state index is -0.964. The topological polar surface area (TPSA) is 97.4 Å². The van der Waals surface area contributed by atoms with Crippen LogP contribution in [-0.4, -0.2) is 42.0 Å². The zero-order chi connectivity index (χ0) is 16.5. The Labute approximate surface area is 132 Å². The molecule has 1 atom stereocenters. The Kier molecular flexibility index (Phi) is 7.04. The number of esters is 1. The van der Waals surface area contributed by atoms with Crippen molar-refractivity contribution in [3.05, 3.63) is 41.7 Å². The second-order valence-electron chi connectivity index (χ2n) is 4.21. The van der Waals surface area contributed by atoms with E-state index in [9.17, 15) is 14.4 Å². The normalized spacial score (nSPS) is 11.2. The quantitative estimate of drug-likeness (QED) is 0.568. The van der Waals surface area contributed by atoms with Gasteiger partial charge in [-0.25, -0.2) is 0 Å². The number of nitrogens with one attached hydrogen (secondary N) is 2. The van der Waals surface area contributed by atoms with E-state index in [1.807, 2.05) is 0 Å². The van der Waals surface area contributed by atoms with E-state index >= 15 is 0 Å². The van der Waals surface area contributed by atoms with Crippen LogP contribution in [0.5, 0.6) is 0 Å². The molecule has 118 valence electrons. The molecule has 0 saturated carbocycles. The molecule has 0 aliphatic heterocycles. The number of ether oxygens (including phenoxy) is 1. The van der Waals surface area contributed by atoms with Gasteiger partial charge < -0.3 is 15.4 Å². The van der Waals surface area contributed by atoms with Crippen LogP contribution in [0.25, 0.3) is 0 Å². The predicted molar refractivity (Wildman–Crippen MR) is 80.3 cm³/mol. The summed E-state index contributed by atoms with van der Waals surface area (Å²) in [5.74, 6) is -1.75. The first-order valence-corrected chi connectivity index (χ1v) is 6.79. The van der Waals surface area contributed by atoms with Gasteiger partial charge in [0.15, 0.2) is 6.10 Å². The lowest BCUT2D eigenvalue weighted by Gasteiger charge is -2.13. The molecule has 0 saturated heterocycles. The van der Waals surface area contributed by atoms with Gasteiger partial charge in [-0.2, -0.15) is 0 Å². The van der Waals surface area contributed by atoms with Gasteiger partial charge in [-0.05, 0) is 19.1 Å². The number of hydrogen-bond donors (Lipinski definition) is 2. The van der Waals surface area contributed by atoms with Crippen molar-refractivity contribution >= 4 is 29.4 Å². The number of amides is 2. The first kappa shape index (κ1) is 17.6. The van der Waals surface area contributed by atoms with E-state index in [0.29, 0.717) is 5.02 Å². The fourth-order valence-corrected chi connectivity index (χ4v) is 1.54. The maximum atomic E-state index is 11.7. The molecule has 0 fully saturated rings. The van der Waals surface area contributed by atoms with Crippen LogP contribution in [0.3, 0.4) is 0 Å². The third-order valence-corrected chi connectivity index (χ3v) is 2.68. The molecule has 0 unspecified atom stereocenters. The van der Waals surface area contributed by atoms with Gasteiger partial charge in [0.2, 0.25) is 0 Å². The number of rotatable bonds is 7. The average Bonchev–Trinajstić information content (AvgIpc) is 2.50. The molecule has 1 aromatic heterocycles. The van der Waals surface area contributed by atoms with Crippen molar-refractivity contribution in [1.82, 2.24) is 15.6 Å². The third-order valence-electron chi connectivity index (χ3n) is 2.45. The Bertz CT molecular complexity index is 577. The summed E-state index contributed by atoms with van der Waals surface area (Å²) >= 11 is 5.73. The number of carbonyl (C=O) groups excluding carboxylic acids is 3. The molecule has 1 aromatic rings. The number of nitrogens with zero attached hydrogens (tertiary/aromatic N) is 1. The van der Waals surface area contributed by atoms with Crippen LogP contribution < -0.4 is 10.6 Å². The van der Waals surface area contributed by atoms with Crippen molar-refractivity contribution in [2.45, 2.75) is 13.0 Å². The molecule has 0 aliphatic carbocycles. The molecule has 0 aliphatic rings. The second kappa shape index (κ2) is 8.78. The lowest BCUT2D eigenvalue weighted by molar-refractivity contribution is -0.153. The van der Waals surface area contributed by atoms with Gasteiger partial charge in [0.05, 0.1) is 0 Å². The lowest BCUT2D eigenvalue weighted by atomic mass is 10.3. The molecule has 2 N–H and O–H groups in total. The number of halogens is 1. The number of pyridine rings is 1. The Morgan fingerprint density at radius 3 is 2.82 bits per heavy atom. The molecule has 0 spiro atoms. The first-order chi connectivity index (χ1) is 10.4. The highest BCUT2D eigenvalue weighted by molar-refractivity contribution is 6.30. The summed E-state index contributed by atoms with van der Waals surface area (Å²) in [6.07, 6.45) is 1.92. The molecule has 7 nitrogen and oxygen atoms in total. The molecule has 22 heavy (non-hydrogen) atoms. The van der Waals surface area contributed by atoms with Crippen LogP contribution in [-0.2, 0) is 14.3 Å². The van der Waals surface area contributed by atoms with E-state index in [4.69, 9.17) is 16.3 Å². The van der Waals surface area contributed by atoms with Crippen molar-refractivity contribution in [3.8, 4) is 0 Å². The summed E-state index contributed by atoms with van der Waals surface area (Å²) in [5, 5.41) is 5.18. The van der Waals surface area contributed by atoms with E-state index in [1.54, 1.807) is 0 Å².